The SMILES string of the molecule is CC1CC(F)(F)c2ncnc(N3CCN(C(=O)C(N)Cc4ccc(Cl)cc4)CC3)c21. The highest BCUT2D eigenvalue weighted by atomic mass is 35.5. The molecule has 2 aromatic rings. The summed E-state index contributed by atoms with van der Waals surface area (Å²) < 4.78 is 28.4. The molecule has 0 spiro atoms. The average Bonchev–Trinajstić information content (AvgIpc) is 2.98. The first-order valence-corrected chi connectivity index (χ1v) is 10.4. The molecule has 1 aromatic carbocycles. The van der Waals surface area contributed by atoms with Gasteiger partial charge < -0.3 is 15.5 Å². The van der Waals surface area contributed by atoms with Gasteiger partial charge in [-0.15, -0.1) is 0 Å². The fraction of sp³-hybridized carbons (Fsp3) is 0.476. The molecule has 0 saturated carbocycles. The number of aromatic nitrogens is 2. The van der Waals surface area contributed by atoms with E-state index in [9.17, 15) is 13.6 Å². The lowest BCUT2D eigenvalue weighted by Gasteiger charge is -2.37. The third-order valence-corrected chi connectivity index (χ3v) is 6.09. The maximum absolute atomic E-state index is 14.2. The second-order valence-corrected chi connectivity index (χ2v) is 8.46. The van der Waals surface area contributed by atoms with Gasteiger partial charge in [0.25, 0.3) is 5.92 Å². The summed E-state index contributed by atoms with van der Waals surface area (Å²) in [5, 5.41) is 0.637. The van der Waals surface area contributed by atoms with E-state index in [4.69, 9.17) is 17.3 Å². The molecule has 0 radical (unpaired) electrons. The molecular weight excluding hydrogens is 412 g/mol. The summed E-state index contributed by atoms with van der Waals surface area (Å²) in [5.41, 5.74) is 7.46. The van der Waals surface area contributed by atoms with Crippen molar-refractivity contribution in [3.63, 3.8) is 0 Å². The van der Waals surface area contributed by atoms with Crippen LogP contribution >= 0.6 is 11.6 Å². The first kappa shape index (κ1) is 20.9. The highest BCUT2D eigenvalue weighted by Crippen LogP contribution is 2.49. The summed E-state index contributed by atoms with van der Waals surface area (Å²) in [6, 6.07) is 6.63. The number of piperazine rings is 1. The smallest absolute Gasteiger partial charge is 0.290 e. The molecule has 1 aliphatic heterocycles. The Morgan fingerprint density at radius 1 is 1.23 bits per heavy atom. The van der Waals surface area contributed by atoms with Crippen LogP contribution in [0.1, 0.15) is 36.1 Å². The Morgan fingerprint density at radius 2 is 1.90 bits per heavy atom. The van der Waals surface area contributed by atoms with E-state index in [1.807, 2.05) is 17.0 Å². The number of carbonyl (C=O) groups is 1. The first-order chi connectivity index (χ1) is 14.3. The Kier molecular flexibility index (Phi) is 5.63. The summed E-state index contributed by atoms with van der Waals surface area (Å²) in [6.45, 7) is 3.75. The molecule has 1 aliphatic carbocycles. The largest absolute Gasteiger partial charge is 0.353 e. The normalized spacial score (nSPS) is 21.4. The monoisotopic (exact) mass is 435 g/mol. The minimum atomic E-state index is -2.92. The van der Waals surface area contributed by atoms with Gasteiger partial charge in [0, 0.05) is 43.2 Å². The number of hydrogen-bond acceptors (Lipinski definition) is 5. The molecule has 30 heavy (non-hydrogen) atoms. The Balaban J connectivity index is 1.40. The molecule has 9 heteroatoms. The lowest BCUT2D eigenvalue weighted by Crippen LogP contribution is -2.54. The standard InChI is InChI=1S/C21H24ClF2N5O/c1-13-11-21(23,24)18-17(13)19(27-12-26-18)28-6-8-29(9-7-28)20(30)16(25)10-14-2-4-15(22)5-3-14/h2-5,12-13,16H,6-11,25H2,1H3. The first-order valence-electron chi connectivity index (χ1n) is 10.0. The Bertz CT molecular complexity index is 931. The number of fused-ring (bicyclic) bond motifs is 1. The van der Waals surface area contributed by atoms with Crippen molar-refractivity contribution < 1.29 is 13.6 Å². The molecule has 1 fully saturated rings. The van der Waals surface area contributed by atoms with Gasteiger partial charge in [0.15, 0.2) is 0 Å². The molecule has 4 rings (SSSR count). The molecule has 1 aromatic heterocycles. The molecule has 1 saturated heterocycles. The minimum Gasteiger partial charge on any atom is -0.353 e. The molecule has 6 nitrogen and oxygen atoms in total. The topological polar surface area (TPSA) is 75.4 Å². The van der Waals surface area contributed by atoms with Crippen LogP contribution in [0.4, 0.5) is 14.6 Å². The highest BCUT2D eigenvalue weighted by Gasteiger charge is 2.47. The van der Waals surface area contributed by atoms with Gasteiger partial charge in [0.05, 0.1) is 6.04 Å². The fourth-order valence-corrected chi connectivity index (χ4v) is 4.43. The second kappa shape index (κ2) is 8.07. The molecule has 2 N–H and O–H groups in total. The zero-order chi connectivity index (χ0) is 21.5. The average molecular weight is 436 g/mol. The van der Waals surface area contributed by atoms with Crippen molar-refractivity contribution in [2.75, 3.05) is 31.1 Å². The summed E-state index contributed by atoms with van der Waals surface area (Å²) in [5.74, 6) is -2.78. The Labute approximate surface area is 179 Å². The van der Waals surface area contributed by atoms with Gasteiger partial charge in [-0.25, -0.2) is 9.97 Å². The summed E-state index contributed by atoms with van der Waals surface area (Å²) >= 11 is 5.89. The Hall–Kier alpha value is -2.32. The number of carbonyl (C=O) groups excluding carboxylic acids is 1. The second-order valence-electron chi connectivity index (χ2n) is 8.02. The fourth-order valence-electron chi connectivity index (χ4n) is 4.30. The zero-order valence-corrected chi connectivity index (χ0v) is 17.4. The van der Waals surface area contributed by atoms with Crippen LogP contribution in [0.15, 0.2) is 30.6 Å². The number of amides is 1. The van der Waals surface area contributed by atoms with Gasteiger partial charge in [0.2, 0.25) is 5.91 Å². The van der Waals surface area contributed by atoms with Crippen LogP contribution in [-0.4, -0.2) is 53.0 Å². The zero-order valence-electron chi connectivity index (χ0n) is 16.7. The van der Waals surface area contributed by atoms with Gasteiger partial charge in [-0.3, -0.25) is 4.79 Å². The molecular formula is C21H24ClF2N5O. The van der Waals surface area contributed by atoms with Gasteiger partial charge in [-0.1, -0.05) is 30.7 Å². The predicted octanol–water partition coefficient (Wildman–Crippen LogP) is 2.95. The van der Waals surface area contributed by atoms with E-state index in [0.717, 1.165) is 5.56 Å². The Morgan fingerprint density at radius 3 is 2.57 bits per heavy atom. The van der Waals surface area contributed by atoms with E-state index in [-0.39, 0.29) is 23.9 Å². The van der Waals surface area contributed by atoms with Crippen molar-refractivity contribution in [2.24, 2.45) is 5.73 Å². The molecule has 1 amide bonds. The van der Waals surface area contributed by atoms with Crippen molar-refractivity contribution in [1.82, 2.24) is 14.9 Å². The van der Waals surface area contributed by atoms with E-state index in [0.29, 0.717) is 49.0 Å². The molecule has 2 aliphatic rings. The summed E-state index contributed by atoms with van der Waals surface area (Å²) in [6.07, 6.45) is 1.40. The predicted molar refractivity (Wildman–Crippen MR) is 111 cm³/mol. The van der Waals surface area contributed by atoms with E-state index < -0.39 is 12.0 Å². The van der Waals surface area contributed by atoms with E-state index in [2.05, 4.69) is 9.97 Å². The molecule has 0 bridgehead atoms. The van der Waals surface area contributed by atoms with Crippen LogP contribution in [0, 0.1) is 0 Å². The van der Waals surface area contributed by atoms with E-state index in [1.54, 1.807) is 24.0 Å². The van der Waals surface area contributed by atoms with Crippen molar-refractivity contribution in [3.8, 4) is 0 Å². The van der Waals surface area contributed by atoms with E-state index in [1.165, 1.54) is 6.33 Å². The minimum absolute atomic E-state index is 0.114. The van der Waals surface area contributed by atoms with Gasteiger partial charge >= 0.3 is 0 Å². The van der Waals surface area contributed by atoms with Crippen LogP contribution in [-0.2, 0) is 17.1 Å². The van der Waals surface area contributed by atoms with Crippen molar-refractivity contribution in [1.29, 1.82) is 0 Å². The molecule has 160 valence electrons. The number of anilines is 1. The van der Waals surface area contributed by atoms with Gasteiger partial charge in [-0.05, 0) is 30.0 Å². The maximum atomic E-state index is 14.2. The molecule has 2 atom stereocenters. The number of hydrogen-bond donors (Lipinski definition) is 1. The van der Waals surface area contributed by atoms with Gasteiger partial charge in [0.1, 0.15) is 17.8 Å². The number of benzene rings is 1. The van der Waals surface area contributed by atoms with Crippen LogP contribution in [0.2, 0.25) is 5.02 Å². The number of alkyl halides is 2. The molecule has 2 heterocycles. The number of nitrogens with zero attached hydrogens (tertiary/aromatic N) is 4. The van der Waals surface area contributed by atoms with Crippen molar-refractivity contribution >= 4 is 23.3 Å². The van der Waals surface area contributed by atoms with E-state index >= 15 is 0 Å². The van der Waals surface area contributed by atoms with Crippen LogP contribution in [0.5, 0.6) is 0 Å². The van der Waals surface area contributed by atoms with Crippen LogP contribution < -0.4 is 10.6 Å². The lowest BCUT2D eigenvalue weighted by atomic mass is 10.0. The van der Waals surface area contributed by atoms with Gasteiger partial charge in [-0.2, -0.15) is 8.78 Å². The van der Waals surface area contributed by atoms with Crippen molar-refractivity contribution in [3.05, 3.63) is 52.4 Å². The molecule has 2 unspecified atom stereocenters. The quantitative estimate of drug-likeness (QED) is 0.799. The lowest BCUT2D eigenvalue weighted by molar-refractivity contribution is -0.132. The summed E-state index contributed by atoms with van der Waals surface area (Å²) in [7, 11) is 0. The number of halogens is 3. The number of rotatable bonds is 4. The third kappa shape index (κ3) is 3.98. The summed E-state index contributed by atoms with van der Waals surface area (Å²) in [4.78, 5) is 24.6. The highest BCUT2D eigenvalue weighted by molar-refractivity contribution is 6.30. The van der Waals surface area contributed by atoms with Crippen molar-refractivity contribution in [2.45, 2.75) is 37.6 Å². The van der Waals surface area contributed by atoms with Crippen LogP contribution in [0.25, 0.3) is 0 Å². The van der Waals surface area contributed by atoms with Crippen LogP contribution in [0.3, 0.4) is 0 Å². The third-order valence-electron chi connectivity index (χ3n) is 5.84. The number of nitrogens with two attached hydrogens (primary N) is 1. The maximum Gasteiger partial charge on any atom is 0.290 e.